The fourth-order valence-electron chi connectivity index (χ4n) is 1.98. The summed E-state index contributed by atoms with van der Waals surface area (Å²) in [7, 11) is 0. The highest BCUT2D eigenvalue weighted by Crippen LogP contribution is 2.02. The van der Waals surface area contributed by atoms with Gasteiger partial charge in [0.25, 0.3) is 0 Å². The normalized spacial score (nSPS) is 12.8. The van der Waals surface area contributed by atoms with Crippen molar-refractivity contribution in [1.29, 1.82) is 5.41 Å². The fourth-order valence-corrected chi connectivity index (χ4v) is 1.98. The smallest absolute Gasteiger partial charge is 0.243 e. The van der Waals surface area contributed by atoms with E-state index in [1.54, 1.807) is 6.29 Å². The van der Waals surface area contributed by atoms with Gasteiger partial charge in [-0.05, 0) is 38.6 Å². The summed E-state index contributed by atoms with van der Waals surface area (Å²) in [6, 6.07) is -1.56. The van der Waals surface area contributed by atoms with E-state index in [2.05, 4.69) is 16.0 Å². The summed E-state index contributed by atoms with van der Waals surface area (Å²) < 4.78 is 0. The minimum Gasteiger partial charge on any atom is -0.370 e. The maximum Gasteiger partial charge on any atom is 0.243 e. The first-order valence-electron chi connectivity index (χ1n) is 7.90. The molecule has 0 saturated heterocycles. The molecular formula is C14H28N7O3. The van der Waals surface area contributed by atoms with E-state index in [-0.39, 0.29) is 12.5 Å². The van der Waals surface area contributed by atoms with Crippen molar-refractivity contribution in [2.75, 3.05) is 19.6 Å². The van der Waals surface area contributed by atoms with Crippen LogP contribution < -0.4 is 33.2 Å². The Hall–Kier alpha value is -2.20. The summed E-state index contributed by atoms with van der Waals surface area (Å²) in [5.41, 5.74) is 15.8. The van der Waals surface area contributed by atoms with E-state index in [1.165, 1.54) is 0 Å². The van der Waals surface area contributed by atoms with Crippen LogP contribution in [0.5, 0.6) is 0 Å². The van der Waals surface area contributed by atoms with Gasteiger partial charge < -0.3 is 33.2 Å². The summed E-state index contributed by atoms with van der Waals surface area (Å²) in [5.74, 6) is -1.11. The van der Waals surface area contributed by atoms with Crippen molar-refractivity contribution in [3.05, 3.63) is 0 Å². The quantitative estimate of drug-likeness (QED) is 0.109. The molecular weight excluding hydrogens is 314 g/mol. The molecule has 2 amide bonds. The van der Waals surface area contributed by atoms with Crippen LogP contribution in [-0.4, -0.2) is 55.8 Å². The zero-order valence-electron chi connectivity index (χ0n) is 13.8. The van der Waals surface area contributed by atoms with E-state index in [9.17, 15) is 14.4 Å². The van der Waals surface area contributed by atoms with Crippen LogP contribution in [-0.2, 0) is 14.4 Å². The zero-order valence-corrected chi connectivity index (χ0v) is 13.8. The molecule has 0 aliphatic carbocycles. The SMILES string of the molecule is N=C(N)NCCC[C@H](NC(=O)CN)C(=O)N[C@H]([C]=O)CCCCN. The number of carbonyl (C=O) groups is 2. The molecule has 0 rings (SSSR count). The zero-order chi connectivity index (χ0) is 18.4. The third-order valence-electron chi connectivity index (χ3n) is 3.23. The molecule has 1 radical (unpaired) electrons. The Labute approximate surface area is 141 Å². The van der Waals surface area contributed by atoms with Crippen molar-refractivity contribution in [1.82, 2.24) is 16.0 Å². The lowest BCUT2D eigenvalue weighted by molar-refractivity contribution is -0.128. The topological polar surface area (TPSA) is 189 Å². The van der Waals surface area contributed by atoms with Crippen LogP contribution in [0.2, 0.25) is 0 Å². The molecule has 24 heavy (non-hydrogen) atoms. The first-order valence-corrected chi connectivity index (χ1v) is 7.90. The minimum atomic E-state index is -0.819. The molecule has 0 bridgehead atoms. The molecule has 0 fully saturated rings. The molecule has 137 valence electrons. The van der Waals surface area contributed by atoms with Gasteiger partial charge in [0.1, 0.15) is 6.04 Å². The van der Waals surface area contributed by atoms with Crippen LogP contribution in [0.1, 0.15) is 32.1 Å². The lowest BCUT2D eigenvalue weighted by Gasteiger charge is -2.20. The predicted molar refractivity (Wildman–Crippen MR) is 90.7 cm³/mol. The van der Waals surface area contributed by atoms with Crippen LogP contribution >= 0.6 is 0 Å². The third-order valence-corrected chi connectivity index (χ3v) is 3.23. The van der Waals surface area contributed by atoms with E-state index in [0.717, 1.165) is 6.42 Å². The predicted octanol–water partition coefficient (Wildman–Crippen LogP) is -2.58. The first-order chi connectivity index (χ1) is 11.4. The highest BCUT2D eigenvalue weighted by Gasteiger charge is 2.22. The van der Waals surface area contributed by atoms with E-state index >= 15 is 0 Å². The second-order valence-electron chi connectivity index (χ2n) is 5.27. The summed E-state index contributed by atoms with van der Waals surface area (Å²) in [4.78, 5) is 34.7. The average Bonchev–Trinajstić information content (AvgIpc) is 2.56. The third kappa shape index (κ3) is 10.5. The van der Waals surface area contributed by atoms with E-state index in [4.69, 9.17) is 22.6 Å². The Morgan fingerprint density at radius 2 is 1.79 bits per heavy atom. The highest BCUT2D eigenvalue weighted by molar-refractivity contribution is 5.89. The van der Waals surface area contributed by atoms with Crippen LogP contribution in [0.3, 0.4) is 0 Å². The average molecular weight is 342 g/mol. The highest BCUT2D eigenvalue weighted by atomic mass is 16.2. The van der Waals surface area contributed by atoms with Gasteiger partial charge in [-0.3, -0.25) is 19.8 Å². The summed E-state index contributed by atoms with van der Waals surface area (Å²) in [6.45, 7) is 0.657. The van der Waals surface area contributed by atoms with Crippen molar-refractivity contribution in [3.8, 4) is 0 Å². The van der Waals surface area contributed by atoms with Crippen LogP contribution in [0.25, 0.3) is 0 Å². The van der Waals surface area contributed by atoms with Gasteiger partial charge in [0.05, 0.1) is 12.6 Å². The Kier molecular flexibility index (Phi) is 12.0. The molecule has 2 atom stereocenters. The molecule has 0 aromatic carbocycles. The number of rotatable bonds is 13. The number of carbonyl (C=O) groups excluding carboxylic acids is 3. The molecule has 0 unspecified atom stereocenters. The molecule has 0 saturated carbocycles. The van der Waals surface area contributed by atoms with Crippen LogP contribution in [0, 0.1) is 5.41 Å². The van der Waals surface area contributed by atoms with Crippen molar-refractivity contribution < 1.29 is 14.4 Å². The van der Waals surface area contributed by atoms with Crippen LogP contribution in [0.4, 0.5) is 0 Å². The molecule has 0 aliphatic rings. The second-order valence-corrected chi connectivity index (χ2v) is 5.27. The monoisotopic (exact) mass is 342 g/mol. The van der Waals surface area contributed by atoms with Gasteiger partial charge in [0.15, 0.2) is 5.96 Å². The lowest BCUT2D eigenvalue weighted by atomic mass is 10.1. The Morgan fingerprint density at radius 3 is 2.33 bits per heavy atom. The second kappa shape index (κ2) is 13.3. The largest absolute Gasteiger partial charge is 0.370 e. The molecule has 0 aromatic heterocycles. The molecule has 0 aliphatic heterocycles. The number of amides is 2. The first kappa shape index (κ1) is 21.8. The molecule has 10 heteroatoms. The van der Waals surface area contributed by atoms with Crippen LogP contribution in [0.15, 0.2) is 0 Å². The maximum atomic E-state index is 12.3. The van der Waals surface area contributed by atoms with Gasteiger partial charge in [-0.15, -0.1) is 0 Å². The van der Waals surface area contributed by atoms with Gasteiger partial charge in [-0.25, -0.2) is 0 Å². The standard InChI is InChI=1S/C14H28N7O3/c15-6-2-1-4-10(9-22)20-13(24)11(21-12(23)8-16)5-3-7-19-14(17)18/h10-11H,1-8,15-16H2,(H,20,24)(H,21,23)(H4,17,18,19)/t10-,11-/m0/s1. The molecule has 10 N–H and O–H groups in total. The number of guanidine groups is 1. The number of nitrogens with one attached hydrogen (secondary N) is 4. The van der Waals surface area contributed by atoms with E-state index in [0.29, 0.717) is 38.8 Å². The minimum absolute atomic E-state index is 0.169. The van der Waals surface area contributed by atoms with Gasteiger partial charge >= 0.3 is 0 Å². The summed E-state index contributed by atoms with van der Waals surface area (Å²) in [6.07, 6.45) is 4.46. The van der Waals surface area contributed by atoms with Gasteiger partial charge in [-0.2, -0.15) is 0 Å². The van der Waals surface area contributed by atoms with Gasteiger partial charge in [0, 0.05) is 6.54 Å². The van der Waals surface area contributed by atoms with Gasteiger partial charge in [0.2, 0.25) is 18.1 Å². The number of unbranched alkanes of at least 4 members (excludes halogenated alkanes) is 1. The van der Waals surface area contributed by atoms with E-state index < -0.39 is 23.9 Å². The molecule has 0 aromatic rings. The Bertz CT molecular complexity index is 417. The van der Waals surface area contributed by atoms with Crippen molar-refractivity contribution in [2.45, 2.75) is 44.2 Å². The maximum absolute atomic E-state index is 12.3. The number of hydrogen-bond acceptors (Lipinski definition) is 6. The van der Waals surface area contributed by atoms with Gasteiger partial charge in [-0.1, -0.05) is 0 Å². The number of nitrogens with two attached hydrogens (primary N) is 3. The Morgan fingerprint density at radius 1 is 1.08 bits per heavy atom. The van der Waals surface area contributed by atoms with E-state index in [1.807, 2.05) is 0 Å². The van der Waals surface area contributed by atoms with Crippen molar-refractivity contribution in [3.63, 3.8) is 0 Å². The number of hydrogen-bond donors (Lipinski definition) is 7. The molecule has 0 spiro atoms. The Balaban J connectivity index is 4.54. The lowest BCUT2D eigenvalue weighted by Crippen LogP contribution is -2.51. The molecule has 10 nitrogen and oxygen atoms in total. The summed E-state index contributed by atoms with van der Waals surface area (Å²) >= 11 is 0. The van der Waals surface area contributed by atoms with Crippen molar-refractivity contribution >= 4 is 24.1 Å². The molecule has 0 heterocycles. The fraction of sp³-hybridized carbons (Fsp3) is 0.714. The van der Waals surface area contributed by atoms with Crippen molar-refractivity contribution in [2.24, 2.45) is 17.2 Å². The summed E-state index contributed by atoms with van der Waals surface area (Å²) in [5, 5.41) is 14.7.